The van der Waals surface area contributed by atoms with Gasteiger partial charge in [0.15, 0.2) is 0 Å². The van der Waals surface area contributed by atoms with Gasteiger partial charge in [-0.25, -0.2) is 8.51 Å². The highest BCUT2D eigenvalue weighted by molar-refractivity contribution is 7.82. The van der Waals surface area contributed by atoms with Crippen molar-refractivity contribution in [1.29, 1.82) is 0 Å². The highest BCUT2D eigenvalue weighted by Crippen LogP contribution is 2.12. The maximum absolute atomic E-state index is 12.1. The van der Waals surface area contributed by atoms with Crippen molar-refractivity contribution in [3.63, 3.8) is 0 Å². The minimum atomic E-state index is -0.985. The first kappa shape index (κ1) is 14.4. The number of nitrogens with zero attached hydrogens (tertiary/aromatic N) is 1. The van der Waals surface area contributed by atoms with Crippen molar-refractivity contribution in [2.45, 2.75) is 25.7 Å². The van der Waals surface area contributed by atoms with Crippen molar-refractivity contribution in [1.82, 2.24) is 9.62 Å². The number of hydrogen-bond donors (Lipinski definition) is 1. The first-order valence-electron chi connectivity index (χ1n) is 6.21. The predicted molar refractivity (Wildman–Crippen MR) is 73.4 cm³/mol. The van der Waals surface area contributed by atoms with Crippen LogP contribution in [0.2, 0.25) is 0 Å². The standard InChI is InChI=1S/C11H16N2OS.C2H6/c1-10-2-4-11(5-3-10)15(14)13-8-6-12-7-9-13;1-2/h2-5,12H,6-9H2,1H3;1-2H3. The molecule has 17 heavy (non-hydrogen) atoms. The Kier molecular flexibility index (Phi) is 6.40. The highest BCUT2D eigenvalue weighted by atomic mass is 32.2. The van der Waals surface area contributed by atoms with Crippen molar-refractivity contribution >= 4 is 11.0 Å². The van der Waals surface area contributed by atoms with Gasteiger partial charge in [0, 0.05) is 26.2 Å². The van der Waals surface area contributed by atoms with Crippen LogP contribution in [-0.2, 0) is 11.0 Å². The average Bonchev–Trinajstić information content (AvgIpc) is 2.42. The first-order chi connectivity index (χ1) is 8.27. The summed E-state index contributed by atoms with van der Waals surface area (Å²) in [6.45, 7) is 9.62. The molecule has 1 atom stereocenters. The molecule has 0 saturated carbocycles. The normalized spacial score (nSPS) is 18.1. The van der Waals surface area contributed by atoms with Gasteiger partial charge in [-0.3, -0.25) is 0 Å². The van der Waals surface area contributed by atoms with Crippen LogP contribution in [0.4, 0.5) is 0 Å². The lowest BCUT2D eigenvalue weighted by molar-refractivity contribution is 0.380. The third-order valence-electron chi connectivity index (χ3n) is 2.53. The van der Waals surface area contributed by atoms with Gasteiger partial charge >= 0.3 is 0 Å². The molecular weight excluding hydrogens is 232 g/mol. The van der Waals surface area contributed by atoms with Crippen LogP contribution < -0.4 is 5.32 Å². The molecule has 1 saturated heterocycles. The number of piperazine rings is 1. The second-order valence-corrected chi connectivity index (χ2v) is 5.23. The topological polar surface area (TPSA) is 32.3 Å². The fraction of sp³-hybridized carbons (Fsp3) is 0.538. The molecule has 0 aromatic heterocycles. The summed E-state index contributed by atoms with van der Waals surface area (Å²) < 4.78 is 14.1. The molecule has 0 spiro atoms. The van der Waals surface area contributed by atoms with E-state index in [1.54, 1.807) is 0 Å². The second kappa shape index (κ2) is 7.58. The van der Waals surface area contributed by atoms with Crippen LogP contribution in [0.1, 0.15) is 19.4 Å². The summed E-state index contributed by atoms with van der Waals surface area (Å²) in [5, 5.41) is 3.25. The smallest absolute Gasteiger partial charge is 0.127 e. The molecule has 1 N–H and O–H groups in total. The van der Waals surface area contributed by atoms with E-state index in [4.69, 9.17) is 0 Å². The van der Waals surface area contributed by atoms with E-state index in [9.17, 15) is 4.21 Å². The summed E-state index contributed by atoms with van der Waals surface area (Å²) in [4.78, 5) is 0.905. The number of rotatable bonds is 2. The monoisotopic (exact) mass is 254 g/mol. The first-order valence-corrected chi connectivity index (χ1v) is 7.32. The van der Waals surface area contributed by atoms with Crippen LogP contribution >= 0.6 is 0 Å². The third kappa shape index (κ3) is 4.22. The Morgan fingerprint density at radius 1 is 1.12 bits per heavy atom. The minimum absolute atomic E-state index is 0.862. The summed E-state index contributed by atoms with van der Waals surface area (Å²) in [6.07, 6.45) is 0. The maximum Gasteiger partial charge on any atom is 0.127 e. The van der Waals surface area contributed by atoms with Gasteiger partial charge in [0.2, 0.25) is 0 Å². The molecule has 0 amide bonds. The van der Waals surface area contributed by atoms with Crippen LogP contribution in [0, 0.1) is 6.92 Å². The molecule has 1 aromatic rings. The largest absolute Gasteiger partial charge is 0.314 e. The number of aryl methyl sites for hydroxylation is 1. The molecular formula is C13H22N2OS. The van der Waals surface area contributed by atoms with Crippen molar-refractivity contribution in [2.24, 2.45) is 0 Å². The zero-order valence-corrected chi connectivity index (χ0v) is 11.7. The molecule has 1 unspecified atom stereocenters. The van der Waals surface area contributed by atoms with Gasteiger partial charge in [-0.15, -0.1) is 0 Å². The maximum atomic E-state index is 12.1. The molecule has 96 valence electrons. The molecule has 1 aliphatic heterocycles. The zero-order chi connectivity index (χ0) is 12.7. The fourth-order valence-electron chi connectivity index (χ4n) is 1.61. The van der Waals surface area contributed by atoms with Crippen molar-refractivity contribution in [3.05, 3.63) is 29.8 Å². The predicted octanol–water partition coefficient (Wildman–Crippen LogP) is 1.95. The van der Waals surface area contributed by atoms with E-state index in [0.29, 0.717) is 0 Å². The van der Waals surface area contributed by atoms with Crippen LogP contribution in [0.25, 0.3) is 0 Å². The molecule has 0 radical (unpaired) electrons. The number of benzene rings is 1. The Hall–Kier alpha value is -0.710. The summed E-state index contributed by atoms with van der Waals surface area (Å²) in [5.74, 6) is 0. The van der Waals surface area contributed by atoms with E-state index in [0.717, 1.165) is 31.1 Å². The lowest BCUT2D eigenvalue weighted by atomic mass is 10.2. The lowest BCUT2D eigenvalue weighted by Crippen LogP contribution is -2.44. The van der Waals surface area contributed by atoms with Crippen LogP contribution in [0.3, 0.4) is 0 Å². The molecule has 1 heterocycles. The summed E-state index contributed by atoms with van der Waals surface area (Å²) >= 11 is 0. The third-order valence-corrected chi connectivity index (χ3v) is 4.04. The Morgan fingerprint density at radius 2 is 1.65 bits per heavy atom. The average molecular weight is 254 g/mol. The van der Waals surface area contributed by atoms with Crippen LogP contribution in [0.5, 0.6) is 0 Å². The highest BCUT2D eigenvalue weighted by Gasteiger charge is 2.16. The van der Waals surface area contributed by atoms with Gasteiger partial charge in [0.25, 0.3) is 0 Å². The van der Waals surface area contributed by atoms with Crippen LogP contribution in [-0.4, -0.2) is 34.7 Å². The molecule has 0 bridgehead atoms. The quantitative estimate of drug-likeness (QED) is 0.875. The summed E-state index contributed by atoms with van der Waals surface area (Å²) in [6, 6.07) is 7.92. The van der Waals surface area contributed by atoms with E-state index >= 15 is 0 Å². The molecule has 0 aliphatic carbocycles. The van der Waals surface area contributed by atoms with Crippen molar-refractivity contribution in [2.75, 3.05) is 26.2 Å². The van der Waals surface area contributed by atoms with Gasteiger partial charge < -0.3 is 5.32 Å². The Morgan fingerprint density at radius 3 is 2.18 bits per heavy atom. The molecule has 3 nitrogen and oxygen atoms in total. The van der Waals surface area contributed by atoms with E-state index in [1.165, 1.54) is 5.56 Å². The lowest BCUT2D eigenvalue weighted by Gasteiger charge is -2.25. The summed E-state index contributed by atoms with van der Waals surface area (Å²) in [7, 11) is -0.985. The fourth-order valence-corrected chi connectivity index (χ4v) is 2.80. The molecule has 1 aromatic carbocycles. The van der Waals surface area contributed by atoms with Crippen molar-refractivity contribution < 1.29 is 4.21 Å². The Bertz CT molecular complexity index is 345. The number of hydrogen-bond acceptors (Lipinski definition) is 2. The van der Waals surface area contributed by atoms with Gasteiger partial charge in [-0.05, 0) is 19.1 Å². The SMILES string of the molecule is CC.Cc1ccc(S(=O)N2CCNCC2)cc1. The molecule has 2 rings (SSSR count). The second-order valence-electron chi connectivity index (χ2n) is 3.74. The van der Waals surface area contributed by atoms with Crippen molar-refractivity contribution in [3.8, 4) is 0 Å². The van der Waals surface area contributed by atoms with Crippen LogP contribution in [0.15, 0.2) is 29.2 Å². The minimum Gasteiger partial charge on any atom is -0.314 e. The Balaban J connectivity index is 0.000000686. The molecule has 1 aliphatic rings. The van der Waals surface area contributed by atoms with Gasteiger partial charge in [0.05, 0.1) is 4.90 Å². The van der Waals surface area contributed by atoms with Gasteiger partial charge in [0.1, 0.15) is 11.0 Å². The zero-order valence-electron chi connectivity index (χ0n) is 10.9. The van der Waals surface area contributed by atoms with E-state index in [-0.39, 0.29) is 0 Å². The van der Waals surface area contributed by atoms with Gasteiger partial charge in [-0.1, -0.05) is 31.5 Å². The van der Waals surface area contributed by atoms with E-state index < -0.39 is 11.0 Å². The van der Waals surface area contributed by atoms with E-state index in [2.05, 4.69) is 5.32 Å². The molecule has 1 fully saturated rings. The van der Waals surface area contributed by atoms with E-state index in [1.807, 2.05) is 49.3 Å². The molecule has 4 heteroatoms. The summed E-state index contributed by atoms with van der Waals surface area (Å²) in [5.41, 5.74) is 1.20. The van der Waals surface area contributed by atoms with Gasteiger partial charge in [-0.2, -0.15) is 0 Å². The number of nitrogens with one attached hydrogen (secondary N) is 1. The Labute approximate surface area is 107 Å².